The summed E-state index contributed by atoms with van der Waals surface area (Å²) in [4.78, 5) is 20.7. The Kier molecular flexibility index (Phi) is 14.8. The highest BCUT2D eigenvalue weighted by Crippen LogP contribution is 2.14. The fourth-order valence-electron chi connectivity index (χ4n) is 3.02. The Hall–Kier alpha value is -3.23. The number of hydrogen-bond donors (Lipinski definition) is 4. The van der Waals surface area contributed by atoms with Gasteiger partial charge in [0, 0.05) is 17.7 Å². The Morgan fingerprint density at radius 3 is 2.14 bits per heavy atom. The SMILES string of the molecule is CNCCc1ccc(OCCCNC(C)(C)C)cc1.N=C(CCC(N)=O)c1ccc(OCC=O)cc1. The Morgan fingerprint density at radius 2 is 1.58 bits per heavy atom. The minimum atomic E-state index is -0.416. The quantitative estimate of drug-likeness (QED) is 0.169. The maximum atomic E-state index is 10.6. The van der Waals surface area contributed by atoms with E-state index < -0.39 is 5.91 Å². The van der Waals surface area contributed by atoms with Gasteiger partial charge < -0.3 is 31.3 Å². The highest BCUT2D eigenvalue weighted by Gasteiger charge is 2.07. The topological polar surface area (TPSA) is 127 Å². The molecular formula is C28H42N4O4. The summed E-state index contributed by atoms with van der Waals surface area (Å²) in [6.45, 7) is 9.31. The van der Waals surface area contributed by atoms with Gasteiger partial charge in [-0.15, -0.1) is 0 Å². The third-order valence-corrected chi connectivity index (χ3v) is 4.97. The molecule has 0 atom stereocenters. The van der Waals surface area contributed by atoms with E-state index in [4.69, 9.17) is 20.6 Å². The van der Waals surface area contributed by atoms with Gasteiger partial charge in [-0.05, 0) is 108 Å². The Labute approximate surface area is 215 Å². The third-order valence-electron chi connectivity index (χ3n) is 4.97. The van der Waals surface area contributed by atoms with Crippen molar-refractivity contribution in [2.45, 2.75) is 52.0 Å². The number of benzene rings is 2. The maximum absolute atomic E-state index is 10.6. The molecule has 8 heteroatoms. The monoisotopic (exact) mass is 498 g/mol. The van der Waals surface area contributed by atoms with Crippen LogP contribution in [0.5, 0.6) is 11.5 Å². The van der Waals surface area contributed by atoms with Crippen molar-refractivity contribution in [1.82, 2.24) is 10.6 Å². The Balaban J connectivity index is 0.000000362. The summed E-state index contributed by atoms with van der Waals surface area (Å²) in [5.41, 5.74) is 7.61. The predicted molar refractivity (Wildman–Crippen MR) is 145 cm³/mol. The van der Waals surface area contributed by atoms with Crippen LogP contribution in [0.2, 0.25) is 0 Å². The summed E-state index contributed by atoms with van der Waals surface area (Å²) < 4.78 is 10.8. The van der Waals surface area contributed by atoms with Crippen LogP contribution in [0.25, 0.3) is 0 Å². The number of nitrogens with two attached hydrogens (primary N) is 1. The lowest BCUT2D eigenvalue weighted by molar-refractivity contribution is -0.117. The van der Waals surface area contributed by atoms with E-state index in [2.05, 4.69) is 55.7 Å². The Bertz CT molecular complexity index is 907. The van der Waals surface area contributed by atoms with Gasteiger partial charge in [-0.3, -0.25) is 9.59 Å². The number of likely N-dealkylation sites (N-methyl/N-ethyl adjacent to an activating group) is 1. The lowest BCUT2D eigenvalue weighted by atomic mass is 10.1. The molecular weight excluding hydrogens is 456 g/mol. The number of hydrogen-bond acceptors (Lipinski definition) is 7. The smallest absolute Gasteiger partial charge is 0.217 e. The maximum Gasteiger partial charge on any atom is 0.217 e. The zero-order valence-corrected chi connectivity index (χ0v) is 22.1. The number of carbonyl (C=O) groups excluding carboxylic acids is 2. The van der Waals surface area contributed by atoms with E-state index in [0.717, 1.165) is 38.3 Å². The van der Waals surface area contributed by atoms with Crippen molar-refractivity contribution in [3.05, 3.63) is 59.7 Å². The van der Waals surface area contributed by atoms with Crippen LogP contribution in [-0.4, -0.2) is 56.8 Å². The molecule has 5 N–H and O–H groups in total. The standard InChI is InChI=1S/C16H28N2O.C12H14N2O3/c1-16(2,3)18-11-5-13-19-15-8-6-14(7-9-15)10-12-17-4;13-11(5-6-12(14)16)9-1-3-10(4-2-9)17-8-7-15/h6-9,17-18H,5,10-13H2,1-4H3;1-4,7,13H,5-6,8H2,(H2,14,16). The second kappa shape index (κ2) is 17.2. The number of primary amides is 1. The number of carbonyl (C=O) groups is 2. The van der Waals surface area contributed by atoms with E-state index in [9.17, 15) is 9.59 Å². The first-order chi connectivity index (χ1) is 17.1. The first-order valence-electron chi connectivity index (χ1n) is 12.3. The molecule has 1 amide bonds. The average Bonchev–Trinajstić information content (AvgIpc) is 2.85. The van der Waals surface area contributed by atoms with Gasteiger partial charge in [-0.2, -0.15) is 0 Å². The van der Waals surface area contributed by atoms with Gasteiger partial charge in [0.1, 0.15) is 18.1 Å². The highest BCUT2D eigenvalue weighted by molar-refractivity contribution is 5.99. The van der Waals surface area contributed by atoms with Crippen molar-refractivity contribution in [3.8, 4) is 11.5 Å². The number of nitrogens with one attached hydrogen (secondary N) is 3. The fraction of sp³-hybridized carbons (Fsp3) is 0.464. The molecule has 2 aromatic rings. The summed E-state index contributed by atoms with van der Waals surface area (Å²) in [5.74, 6) is 1.12. The second-order valence-corrected chi connectivity index (χ2v) is 9.32. The van der Waals surface area contributed by atoms with Crippen molar-refractivity contribution in [1.29, 1.82) is 5.41 Å². The molecule has 0 aromatic heterocycles. The average molecular weight is 499 g/mol. The van der Waals surface area contributed by atoms with E-state index >= 15 is 0 Å². The molecule has 0 saturated heterocycles. The van der Waals surface area contributed by atoms with Crippen LogP contribution in [0, 0.1) is 5.41 Å². The summed E-state index contributed by atoms with van der Waals surface area (Å²) in [6.07, 6.45) is 3.25. The molecule has 2 aromatic carbocycles. The van der Waals surface area contributed by atoms with Crippen molar-refractivity contribution in [2.24, 2.45) is 5.73 Å². The zero-order chi connectivity index (χ0) is 26.8. The lowest BCUT2D eigenvalue weighted by Gasteiger charge is -2.20. The number of ether oxygens (including phenoxy) is 2. The van der Waals surface area contributed by atoms with Crippen LogP contribution in [-0.2, 0) is 16.0 Å². The molecule has 0 spiro atoms. The van der Waals surface area contributed by atoms with E-state index in [-0.39, 0.29) is 18.6 Å². The summed E-state index contributed by atoms with van der Waals surface area (Å²) >= 11 is 0. The first-order valence-corrected chi connectivity index (χ1v) is 12.3. The number of aldehydes is 1. The molecule has 0 heterocycles. The fourth-order valence-corrected chi connectivity index (χ4v) is 3.02. The van der Waals surface area contributed by atoms with Gasteiger partial charge in [0.05, 0.1) is 6.61 Å². The number of rotatable bonds is 15. The second-order valence-electron chi connectivity index (χ2n) is 9.32. The van der Waals surface area contributed by atoms with Gasteiger partial charge >= 0.3 is 0 Å². The van der Waals surface area contributed by atoms with Crippen LogP contribution in [0.1, 0.15) is 51.2 Å². The van der Waals surface area contributed by atoms with E-state index in [1.54, 1.807) is 24.3 Å². The molecule has 2 rings (SSSR count). The van der Waals surface area contributed by atoms with Gasteiger partial charge in [0.25, 0.3) is 0 Å². The minimum absolute atomic E-state index is 0.0124. The lowest BCUT2D eigenvalue weighted by Crippen LogP contribution is -2.36. The minimum Gasteiger partial charge on any atom is -0.494 e. The van der Waals surface area contributed by atoms with Crippen molar-refractivity contribution in [3.63, 3.8) is 0 Å². The molecule has 0 saturated carbocycles. The highest BCUT2D eigenvalue weighted by atomic mass is 16.5. The molecule has 0 fully saturated rings. The van der Waals surface area contributed by atoms with Crippen molar-refractivity contribution in [2.75, 3.05) is 33.4 Å². The van der Waals surface area contributed by atoms with Gasteiger partial charge in [0.15, 0.2) is 6.29 Å². The zero-order valence-electron chi connectivity index (χ0n) is 22.1. The summed E-state index contributed by atoms with van der Waals surface area (Å²) in [6, 6.07) is 15.2. The van der Waals surface area contributed by atoms with E-state index in [0.29, 0.717) is 29.7 Å². The summed E-state index contributed by atoms with van der Waals surface area (Å²) in [5, 5.41) is 14.3. The van der Waals surface area contributed by atoms with Gasteiger partial charge in [0.2, 0.25) is 5.91 Å². The van der Waals surface area contributed by atoms with Gasteiger partial charge in [-0.1, -0.05) is 12.1 Å². The Morgan fingerprint density at radius 1 is 0.972 bits per heavy atom. The molecule has 0 aliphatic heterocycles. The van der Waals surface area contributed by atoms with Crippen LogP contribution in [0.3, 0.4) is 0 Å². The first kappa shape index (κ1) is 30.8. The molecule has 0 bridgehead atoms. The van der Waals surface area contributed by atoms with Crippen LogP contribution in [0.4, 0.5) is 0 Å². The summed E-state index contributed by atoms with van der Waals surface area (Å²) in [7, 11) is 1.98. The molecule has 198 valence electrons. The van der Waals surface area contributed by atoms with Crippen LogP contribution < -0.4 is 25.8 Å². The predicted octanol–water partition coefficient (Wildman–Crippen LogP) is 3.50. The van der Waals surface area contributed by atoms with Crippen LogP contribution in [0.15, 0.2) is 48.5 Å². The third kappa shape index (κ3) is 14.9. The van der Waals surface area contributed by atoms with Gasteiger partial charge in [-0.25, -0.2) is 0 Å². The normalized spacial score (nSPS) is 10.7. The molecule has 0 aliphatic rings. The molecule has 8 nitrogen and oxygen atoms in total. The number of amides is 1. The van der Waals surface area contributed by atoms with E-state index in [1.165, 1.54) is 5.56 Å². The largest absolute Gasteiger partial charge is 0.494 e. The molecule has 36 heavy (non-hydrogen) atoms. The van der Waals surface area contributed by atoms with Crippen molar-refractivity contribution >= 4 is 17.9 Å². The molecule has 0 unspecified atom stereocenters. The molecule has 0 aliphatic carbocycles. The van der Waals surface area contributed by atoms with E-state index in [1.807, 2.05) is 7.05 Å². The molecule has 0 radical (unpaired) electrons. The van der Waals surface area contributed by atoms with Crippen molar-refractivity contribution < 1.29 is 19.1 Å². The van der Waals surface area contributed by atoms with Crippen LogP contribution >= 0.6 is 0 Å².